The van der Waals surface area contributed by atoms with Crippen LogP contribution >= 0.6 is 11.6 Å². The SMILES string of the molecule is CC(C)NC(=O)[C@@H](C)N(Cc1ccccc1)C(=O)Cc1cccc(Cl)c1. The van der Waals surface area contributed by atoms with Crippen molar-refractivity contribution in [3.8, 4) is 0 Å². The van der Waals surface area contributed by atoms with Crippen LogP contribution in [0.3, 0.4) is 0 Å². The van der Waals surface area contributed by atoms with Crippen LogP contribution in [-0.4, -0.2) is 28.8 Å². The molecule has 5 heteroatoms. The molecule has 0 aliphatic heterocycles. The molecule has 0 fully saturated rings. The van der Waals surface area contributed by atoms with E-state index in [1.165, 1.54) is 0 Å². The van der Waals surface area contributed by atoms with Gasteiger partial charge in [0.05, 0.1) is 6.42 Å². The highest BCUT2D eigenvalue weighted by atomic mass is 35.5. The molecule has 2 aromatic carbocycles. The van der Waals surface area contributed by atoms with Gasteiger partial charge in [-0.15, -0.1) is 0 Å². The van der Waals surface area contributed by atoms with Crippen LogP contribution in [0.15, 0.2) is 54.6 Å². The van der Waals surface area contributed by atoms with E-state index in [4.69, 9.17) is 11.6 Å². The molecule has 0 spiro atoms. The number of carbonyl (C=O) groups is 2. The van der Waals surface area contributed by atoms with Crippen LogP contribution in [0, 0.1) is 0 Å². The van der Waals surface area contributed by atoms with E-state index in [0.29, 0.717) is 11.6 Å². The Balaban J connectivity index is 2.20. The van der Waals surface area contributed by atoms with Crippen molar-refractivity contribution < 1.29 is 9.59 Å². The third-order valence-corrected chi connectivity index (χ3v) is 4.27. The van der Waals surface area contributed by atoms with E-state index >= 15 is 0 Å². The molecule has 1 atom stereocenters. The molecular formula is C21H25ClN2O2. The van der Waals surface area contributed by atoms with Crippen LogP contribution in [0.2, 0.25) is 5.02 Å². The van der Waals surface area contributed by atoms with Gasteiger partial charge in [0.25, 0.3) is 0 Å². The fourth-order valence-corrected chi connectivity index (χ4v) is 2.90. The molecule has 0 bridgehead atoms. The number of hydrogen-bond donors (Lipinski definition) is 1. The van der Waals surface area contributed by atoms with Gasteiger partial charge in [-0.1, -0.05) is 54.1 Å². The fraction of sp³-hybridized carbons (Fsp3) is 0.333. The van der Waals surface area contributed by atoms with Gasteiger partial charge in [0, 0.05) is 17.6 Å². The van der Waals surface area contributed by atoms with Gasteiger partial charge in [-0.3, -0.25) is 9.59 Å². The van der Waals surface area contributed by atoms with Crippen LogP contribution in [-0.2, 0) is 22.6 Å². The largest absolute Gasteiger partial charge is 0.352 e. The minimum Gasteiger partial charge on any atom is -0.352 e. The van der Waals surface area contributed by atoms with Crippen molar-refractivity contribution in [2.75, 3.05) is 0 Å². The summed E-state index contributed by atoms with van der Waals surface area (Å²) in [5.41, 5.74) is 1.81. The van der Waals surface area contributed by atoms with E-state index in [0.717, 1.165) is 11.1 Å². The van der Waals surface area contributed by atoms with Crippen molar-refractivity contribution in [1.29, 1.82) is 0 Å². The maximum atomic E-state index is 13.0. The molecule has 26 heavy (non-hydrogen) atoms. The second-order valence-electron chi connectivity index (χ2n) is 6.65. The van der Waals surface area contributed by atoms with E-state index in [1.54, 1.807) is 24.0 Å². The highest BCUT2D eigenvalue weighted by molar-refractivity contribution is 6.30. The number of nitrogens with one attached hydrogen (secondary N) is 1. The quantitative estimate of drug-likeness (QED) is 0.803. The maximum absolute atomic E-state index is 13.0. The number of rotatable bonds is 7. The van der Waals surface area contributed by atoms with Crippen LogP contribution in [0.4, 0.5) is 0 Å². The molecular weight excluding hydrogens is 348 g/mol. The Morgan fingerprint density at radius 1 is 1.00 bits per heavy atom. The summed E-state index contributed by atoms with van der Waals surface area (Å²) in [6, 6.07) is 16.4. The topological polar surface area (TPSA) is 49.4 Å². The van der Waals surface area contributed by atoms with Crippen LogP contribution < -0.4 is 5.32 Å². The molecule has 2 amide bonds. The van der Waals surface area contributed by atoms with E-state index in [9.17, 15) is 9.59 Å². The average molecular weight is 373 g/mol. The molecule has 0 heterocycles. The van der Waals surface area contributed by atoms with Gasteiger partial charge in [-0.2, -0.15) is 0 Å². The number of benzene rings is 2. The molecule has 0 saturated heterocycles. The summed E-state index contributed by atoms with van der Waals surface area (Å²) in [6.07, 6.45) is 0.201. The van der Waals surface area contributed by atoms with Crippen LogP contribution in [0.25, 0.3) is 0 Å². The van der Waals surface area contributed by atoms with Crippen molar-refractivity contribution in [2.45, 2.75) is 45.8 Å². The Morgan fingerprint density at radius 3 is 2.27 bits per heavy atom. The van der Waals surface area contributed by atoms with Gasteiger partial charge in [0.2, 0.25) is 11.8 Å². The fourth-order valence-electron chi connectivity index (χ4n) is 2.69. The first-order valence-electron chi connectivity index (χ1n) is 8.75. The Morgan fingerprint density at radius 2 is 1.65 bits per heavy atom. The van der Waals surface area contributed by atoms with Gasteiger partial charge in [0.15, 0.2) is 0 Å². The summed E-state index contributed by atoms with van der Waals surface area (Å²) in [7, 11) is 0. The van der Waals surface area contributed by atoms with Crippen molar-refractivity contribution in [3.05, 3.63) is 70.7 Å². The van der Waals surface area contributed by atoms with E-state index in [-0.39, 0.29) is 24.3 Å². The second-order valence-corrected chi connectivity index (χ2v) is 7.09. The minimum absolute atomic E-state index is 0.0200. The summed E-state index contributed by atoms with van der Waals surface area (Å²) in [5, 5.41) is 3.48. The molecule has 0 aliphatic carbocycles. The zero-order valence-electron chi connectivity index (χ0n) is 15.4. The summed E-state index contributed by atoms with van der Waals surface area (Å²) < 4.78 is 0. The molecule has 0 aliphatic rings. The van der Waals surface area contributed by atoms with Gasteiger partial charge < -0.3 is 10.2 Å². The Labute approximate surface area is 160 Å². The lowest BCUT2D eigenvalue weighted by Crippen LogP contribution is -2.49. The lowest BCUT2D eigenvalue weighted by Gasteiger charge is -2.29. The number of halogens is 1. The van der Waals surface area contributed by atoms with Crippen molar-refractivity contribution >= 4 is 23.4 Å². The summed E-state index contributed by atoms with van der Waals surface area (Å²) in [5.74, 6) is -0.266. The van der Waals surface area contributed by atoms with Gasteiger partial charge >= 0.3 is 0 Å². The monoisotopic (exact) mass is 372 g/mol. The zero-order chi connectivity index (χ0) is 19.1. The first-order valence-corrected chi connectivity index (χ1v) is 9.13. The van der Waals surface area contributed by atoms with Crippen molar-refractivity contribution in [1.82, 2.24) is 10.2 Å². The highest BCUT2D eigenvalue weighted by Gasteiger charge is 2.26. The third-order valence-electron chi connectivity index (χ3n) is 4.04. The second kappa shape index (κ2) is 9.39. The normalized spacial score (nSPS) is 11.9. The molecule has 2 aromatic rings. The molecule has 0 saturated carbocycles. The van der Waals surface area contributed by atoms with E-state index < -0.39 is 6.04 Å². The molecule has 0 radical (unpaired) electrons. The molecule has 1 N–H and O–H groups in total. The average Bonchev–Trinajstić information content (AvgIpc) is 2.59. The molecule has 0 aromatic heterocycles. The summed E-state index contributed by atoms with van der Waals surface area (Å²) >= 11 is 6.02. The predicted molar refractivity (Wildman–Crippen MR) is 105 cm³/mol. The third kappa shape index (κ3) is 5.88. The molecule has 2 rings (SSSR count). The first-order chi connectivity index (χ1) is 12.4. The summed E-state index contributed by atoms with van der Waals surface area (Å²) in [6.45, 7) is 5.95. The van der Waals surface area contributed by atoms with Crippen molar-refractivity contribution in [3.63, 3.8) is 0 Å². The molecule has 4 nitrogen and oxygen atoms in total. The standard InChI is InChI=1S/C21H25ClN2O2/c1-15(2)23-21(26)16(3)24(14-17-8-5-4-6-9-17)20(25)13-18-10-7-11-19(22)12-18/h4-12,15-16H,13-14H2,1-3H3,(H,23,26)/t16-/m1/s1. The van der Waals surface area contributed by atoms with Crippen molar-refractivity contribution in [2.24, 2.45) is 0 Å². The Kier molecular flexibility index (Phi) is 7.22. The van der Waals surface area contributed by atoms with Crippen LogP contribution in [0.1, 0.15) is 31.9 Å². The maximum Gasteiger partial charge on any atom is 0.242 e. The van der Waals surface area contributed by atoms with E-state index in [2.05, 4.69) is 5.32 Å². The number of nitrogens with zero attached hydrogens (tertiary/aromatic N) is 1. The number of hydrogen-bond acceptors (Lipinski definition) is 2. The van der Waals surface area contributed by atoms with Crippen LogP contribution in [0.5, 0.6) is 0 Å². The predicted octanol–water partition coefficient (Wildman–Crippen LogP) is 3.82. The van der Waals surface area contributed by atoms with Gasteiger partial charge in [-0.25, -0.2) is 0 Å². The highest BCUT2D eigenvalue weighted by Crippen LogP contribution is 2.15. The lowest BCUT2D eigenvalue weighted by atomic mass is 10.1. The minimum atomic E-state index is -0.565. The smallest absolute Gasteiger partial charge is 0.242 e. The van der Waals surface area contributed by atoms with Gasteiger partial charge in [-0.05, 0) is 44.0 Å². The molecule has 0 unspecified atom stereocenters. The van der Waals surface area contributed by atoms with Gasteiger partial charge in [0.1, 0.15) is 6.04 Å². The first kappa shape index (κ1) is 20.0. The lowest BCUT2D eigenvalue weighted by molar-refractivity contribution is -0.140. The zero-order valence-corrected chi connectivity index (χ0v) is 16.2. The number of carbonyl (C=O) groups excluding carboxylic acids is 2. The Bertz CT molecular complexity index is 747. The molecule has 138 valence electrons. The Hall–Kier alpha value is -2.33. The van der Waals surface area contributed by atoms with E-state index in [1.807, 2.05) is 56.3 Å². The number of amides is 2. The summed E-state index contributed by atoms with van der Waals surface area (Å²) in [4.78, 5) is 27.1.